The third kappa shape index (κ3) is 4.69. The van der Waals surface area contributed by atoms with Gasteiger partial charge in [-0.1, -0.05) is 44.6 Å². The van der Waals surface area contributed by atoms with Gasteiger partial charge in [0.25, 0.3) is 0 Å². The van der Waals surface area contributed by atoms with Crippen molar-refractivity contribution in [1.29, 1.82) is 0 Å². The maximum absolute atomic E-state index is 12.7. The number of halogens is 6. The van der Waals surface area contributed by atoms with Crippen molar-refractivity contribution in [3.05, 3.63) is 12.7 Å². The topological polar surface area (TPSA) is 20.2 Å². The molecule has 28 heavy (non-hydrogen) atoms. The van der Waals surface area contributed by atoms with E-state index in [1.54, 1.807) is 6.08 Å². The molecule has 0 saturated heterocycles. The number of allylic oxidation sites excluding steroid dienone is 1. The second-order valence-electron chi connectivity index (χ2n) is 8.29. The lowest BCUT2D eigenvalue weighted by molar-refractivity contribution is -0.343. The van der Waals surface area contributed by atoms with E-state index in [0.717, 1.165) is 25.2 Å². The number of alkyl halides is 6. The molecule has 1 nitrogen and oxygen atoms in total. The van der Waals surface area contributed by atoms with Crippen LogP contribution in [0.25, 0.3) is 0 Å². The van der Waals surface area contributed by atoms with Gasteiger partial charge < -0.3 is 5.11 Å². The van der Waals surface area contributed by atoms with Gasteiger partial charge in [0.05, 0.1) is 0 Å². The molecular formula is C21H28F6O. The van der Waals surface area contributed by atoms with E-state index in [0.29, 0.717) is 30.1 Å². The van der Waals surface area contributed by atoms with Gasteiger partial charge in [0, 0.05) is 6.42 Å². The standard InChI is InChI=1S/C21H28F6O/c1-3-15(17-12-11-16-10-5-4-8-14(2)18(16)17)9-6-7-13-19(28,20(22,23)24)21(25,26)27/h3,14-18,28H,1,4-6,8-12H2,2H3/t14-,15+,16?,17?,18?/m0/s1. The Morgan fingerprint density at radius 2 is 1.64 bits per heavy atom. The lowest BCUT2D eigenvalue weighted by Crippen LogP contribution is -2.55. The minimum absolute atomic E-state index is 0.00900. The monoisotopic (exact) mass is 410 g/mol. The first-order chi connectivity index (χ1) is 12.9. The first kappa shape index (κ1) is 23.1. The van der Waals surface area contributed by atoms with E-state index in [1.807, 2.05) is 5.92 Å². The number of rotatable bonds is 4. The number of hydrogen-bond donors (Lipinski definition) is 1. The van der Waals surface area contributed by atoms with Crippen LogP contribution in [-0.4, -0.2) is 23.1 Å². The van der Waals surface area contributed by atoms with E-state index in [9.17, 15) is 26.3 Å². The van der Waals surface area contributed by atoms with Gasteiger partial charge in [-0.3, -0.25) is 0 Å². The van der Waals surface area contributed by atoms with Crippen LogP contribution < -0.4 is 0 Å². The van der Waals surface area contributed by atoms with Gasteiger partial charge in [-0.2, -0.15) is 26.3 Å². The van der Waals surface area contributed by atoms with Gasteiger partial charge in [0.1, 0.15) is 0 Å². The average Bonchev–Trinajstić information content (AvgIpc) is 2.91. The van der Waals surface area contributed by atoms with Crippen molar-refractivity contribution >= 4 is 0 Å². The highest BCUT2D eigenvalue weighted by atomic mass is 19.4. The quantitative estimate of drug-likeness (QED) is 0.329. The normalized spacial score (nSPS) is 30.0. The lowest BCUT2D eigenvalue weighted by Gasteiger charge is -2.32. The van der Waals surface area contributed by atoms with E-state index in [2.05, 4.69) is 13.5 Å². The summed E-state index contributed by atoms with van der Waals surface area (Å²) < 4.78 is 76.1. The Hall–Kier alpha value is -1.16. The predicted octanol–water partition coefficient (Wildman–Crippen LogP) is 6.28. The maximum atomic E-state index is 12.7. The predicted molar refractivity (Wildman–Crippen MR) is 95.1 cm³/mol. The van der Waals surface area contributed by atoms with Crippen molar-refractivity contribution in [3.63, 3.8) is 0 Å². The van der Waals surface area contributed by atoms with E-state index >= 15 is 0 Å². The molecule has 2 fully saturated rings. The molecule has 0 aromatic carbocycles. The molecule has 0 aromatic rings. The summed E-state index contributed by atoms with van der Waals surface area (Å²) in [7, 11) is 0. The van der Waals surface area contributed by atoms with Gasteiger partial charge in [0.2, 0.25) is 0 Å². The minimum atomic E-state index is -5.90. The second kappa shape index (κ2) is 8.69. The summed E-state index contributed by atoms with van der Waals surface area (Å²) >= 11 is 0. The van der Waals surface area contributed by atoms with Crippen molar-refractivity contribution in [1.82, 2.24) is 0 Å². The van der Waals surface area contributed by atoms with Crippen LogP contribution in [0.15, 0.2) is 12.7 Å². The molecule has 1 N–H and O–H groups in total. The van der Waals surface area contributed by atoms with E-state index in [4.69, 9.17) is 5.11 Å². The molecule has 2 aliphatic carbocycles. The zero-order chi connectivity index (χ0) is 21.2. The maximum Gasteiger partial charge on any atom is 0.438 e. The van der Waals surface area contributed by atoms with Gasteiger partial charge in [0.15, 0.2) is 0 Å². The average molecular weight is 410 g/mol. The summed E-state index contributed by atoms with van der Waals surface area (Å²) in [5, 5.41) is 9.09. The van der Waals surface area contributed by atoms with Gasteiger partial charge in [-0.15, -0.1) is 6.58 Å². The summed E-state index contributed by atoms with van der Waals surface area (Å²) in [5.74, 6) is 5.08. The largest absolute Gasteiger partial charge is 0.438 e. The van der Waals surface area contributed by atoms with Crippen LogP contribution in [0.1, 0.15) is 58.3 Å². The molecule has 0 heterocycles. The highest BCUT2D eigenvalue weighted by molar-refractivity contribution is 5.21. The third-order valence-electron chi connectivity index (χ3n) is 6.60. The van der Waals surface area contributed by atoms with Crippen LogP contribution in [0.2, 0.25) is 0 Å². The minimum Gasteiger partial charge on any atom is -0.363 e. The molecule has 0 spiro atoms. The lowest BCUT2D eigenvalue weighted by atomic mass is 9.72. The molecule has 0 aliphatic heterocycles. The Morgan fingerprint density at radius 1 is 1.04 bits per heavy atom. The third-order valence-corrected chi connectivity index (χ3v) is 6.60. The summed E-state index contributed by atoms with van der Waals surface area (Å²) in [5.41, 5.74) is -4.99. The van der Waals surface area contributed by atoms with E-state index in [-0.39, 0.29) is 12.3 Å². The van der Waals surface area contributed by atoms with Crippen LogP contribution >= 0.6 is 0 Å². The highest BCUT2D eigenvalue weighted by Crippen LogP contribution is 2.51. The molecule has 0 amide bonds. The van der Waals surface area contributed by atoms with Crippen molar-refractivity contribution in [2.75, 3.05) is 0 Å². The fourth-order valence-electron chi connectivity index (χ4n) is 5.17. The van der Waals surface area contributed by atoms with Crippen LogP contribution in [-0.2, 0) is 0 Å². The molecule has 2 saturated carbocycles. The van der Waals surface area contributed by atoms with Crippen molar-refractivity contribution in [2.45, 2.75) is 76.2 Å². The van der Waals surface area contributed by atoms with Crippen molar-refractivity contribution in [3.8, 4) is 11.8 Å². The second-order valence-corrected chi connectivity index (χ2v) is 8.29. The molecule has 7 heteroatoms. The molecule has 0 radical (unpaired) electrons. The molecule has 5 atom stereocenters. The van der Waals surface area contributed by atoms with Crippen LogP contribution in [0.4, 0.5) is 26.3 Å². The molecular weight excluding hydrogens is 382 g/mol. The molecule has 3 unspecified atom stereocenters. The Kier molecular flexibility index (Phi) is 7.17. The number of aliphatic hydroxyl groups is 1. The number of fused-ring (bicyclic) bond motifs is 1. The van der Waals surface area contributed by atoms with Gasteiger partial charge in [-0.05, 0) is 54.8 Å². The van der Waals surface area contributed by atoms with Crippen molar-refractivity contribution in [2.24, 2.45) is 29.6 Å². The summed E-state index contributed by atoms with van der Waals surface area (Å²) in [6.45, 7) is 6.08. The first-order valence-electron chi connectivity index (χ1n) is 9.90. The molecule has 160 valence electrons. The molecule has 2 aliphatic rings. The van der Waals surface area contributed by atoms with Crippen LogP contribution in [0, 0.1) is 41.4 Å². The Labute approximate surface area is 162 Å². The van der Waals surface area contributed by atoms with Crippen LogP contribution in [0.3, 0.4) is 0 Å². The Morgan fingerprint density at radius 3 is 2.21 bits per heavy atom. The summed E-state index contributed by atoms with van der Waals surface area (Å²) in [6, 6.07) is 0. The van der Waals surface area contributed by atoms with Crippen LogP contribution in [0.5, 0.6) is 0 Å². The zero-order valence-corrected chi connectivity index (χ0v) is 16.0. The zero-order valence-electron chi connectivity index (χ0n) is 16.0. The molecule has 0 bridgehead atoms. The van der Waals surface area contributed by atoms with Crippen molar-refractivity contribution < 1.29 is 31.4 Å². The smallest absolute Gasteiger partial charge is 0.363 e. The molecule has 0 aromatic heterocycles. The Balaban J connectivity index is 2.07. The SMILES string of the molecule is C=C[C@H](CCC#CC(O)(C(F)(F)F)C(F)(F)F)C1CCC2CCCC[C@H](C)C21. The van der Waals surface area contributed by atoms with E-state index < -0.39 is 18.0 Å². The summed E-state index contributed by atoms with van der Waals surface area (Å²) in [4.78, 5) is 0. The van der Waals surface area contributed by atoms with Gasteiger partial charge in [-0.25, -0.2) is 0 Å². The van der Waals surface area contributed by atoms with Gasteiger partial charge >= 0.3 is 18.0 Å². The van der Waals surface area contributed by atoms with E-state index in [1.165, 1.54) is 19.3 Å². The Bertz CT molecular complexity index is 583. The fourth-order valence-corrected chi connectivity index (χ4v) is 5.17. The fraction of sp³-hybridized carbons (Fsp3) is 0.810. The summed E-state index contributed by atoms with van der Waals surface area (Å²) in [6.07, 6.45) is -2.91. The first-order valence-corrected chi connectivity index (χ1v) is 9.90. The molecule has 2 rings (SSSR count). The number of hydrogen-bond acceptors (Lipinski definition) is 1. The highest BCUT2D eigenvalue weighted by Gasteiger charge is 2.70.